The minimum absolute atomic E-state index is 0. The SMILES string of the molecule is N#C/C(=C/C(=O)[O-])c1ccc(Br)cc1.[K+]. The van der Waals surface area contributed by atoms with E-state index >= 15 is 0 Å². The number of hydrogen-bond acceptors (Lipinski definition) is 3. The molecule has 0 spiro atoms. The normalized spacial score (nSPS) is 10.0. The van der Waals surface area contributed by atoms with Gasteiger partial charge in [-0.2, -0.15) is 5.26 Å². The predicted molar refractivity (Wildman–Crippen MR) is 52.7 cm³/mol. The fraction of sp³-hybridized carbons (Fsp3) is 0. The Morgan fingerprint density at radius 3 is 2.33 bits per heavy atom. The monoisotopic (exact) mass is 289 g/mol. The number of hydrogen-bond donors (Lipinski definition) is 0. The molecule has 5 heteroatoms. The Labute approximate surface area is 138 Å². The number of nitriles is 1. The zero-order chi connectivity index (χ0) is 10.6. The summed E-state index contributed by atoms with van der Waals surface area (Å²) in [5.41, 5.74) is 0.636. The average molecular weight is 290 g/mol. The molecule has 0 saturated carbocycles. The summed E-state index contributed by atoms with van der Waals surface area (Å²) in [6.07, 6.45) is 0.781. The van der Waals surface area contributed by atoms with Gasteiger partial charge in [0.25, 0.3) is 0 Å². The van der Waals surface area contributed by atoms with Crippen molar-refractivity contribution in [2.24, 2.45) is 0 Å². The Balaban J connectivity index is 0.00000196. The van der Waals surface area contributed by atoms with Crippen LogP contribution in [-0.4, -0.2) is 5.97 Å². The van der Waals surface area contributed by atoms with Crippen LogP contribution in [0.15, 0.2) is 34.8 Å². The van der Waals surface area contributed by atoms with Crippen LogP contribution in [0.5, 0.6) is 0 Å². The van der Waals surface area contributed by atoms with Crippen molar-refractivity contribution in [2.45, 2.75) is 0 Å². The van der Waals surface area contributed by atoms with Crippen LogP contribution in [0.2, 0.25) is 0 Å². The standard InChI is InChI=1S/C10H6BrNO2.K/c11-9-3-1-7(2-4-9)8(6-12)5-10(13)14;/h1-5H,(H,13,14);/q;+1/p-1/b8-5-;. The maximum Gasteiger partial charge on any atom is 1.00 e. The molecule has 0 atom stereocenters. The van der Waals surface area contributed by atoms with Gasteiger partial charge in [-0.05, 0) is 23.8 Å². The largest absolute Gasteiger partial charge is 1.00 e. The van der Waals surface area contributed by atoms with Crippen LogP contribution in [0.4, 0.5) is 0 Å². The summed E-state index contributed by atoms with van der Waals surface area (Å²) in [6.45, 7) is 0. The molecule has 0 N–H and O–H groups in total. The number of carbonyl (C=O) groups excluding carboxylic acids is 1. The summed E-state index contributed by atoms with van der Waals surface area (Å²) in [4.78, 5) is 10.3. The molecule has 0 unspecified atom stereocenters. The van der Waals surface area contributed by atoms with Crippen molar-refractivity contribution in [3.05, 3.63) is 40.4 Å². The number of allylic oxidation sites excluding steroid dienone is 1. The molecule has 0 radical (unpaired) electrons. The van der Waals surface area contributed by atoms with Gasteiger partial charge in [0, 0.05) is 4.47 Å². The Kier molecular flexibility index (Phi) is 7.35. The molecule has 15 heavy (non-hydrogen) atoms. The van der Waals surface area contributed by atoms with Crippen LogP contribution < -0.4 is 56.5 Å². The van der Waals surface area contributed by atoms with E-state index in [-0.39, 0.29) is 57.0 Å². The van der Waals surface area contributed by atoms with Crippen LogP contribution >= 0.6 is 15.9 Å². The fourth-order valence-corrected chi connectivity index (χ4v) is 1.19. The van der Waals surface area contributed by atoms with Crippen LogP contribution in [-0.2, 0) is 4.79 Å². The molecule has 0 aliphatic heterocycles. The Hall–Kier alpha value is 0.0364. The summed E-state index contributed by atoms with van der Waals surface area (Å²) in [6, 6.07) is 8.57. The zero-order valence-electron chi connectivity index (χ0n) is 8.03. The number of carboxylic acids is 1. The van der Waals surface area contributed by atoms with E-state index in [4.69, 9.17) is 5.26 Å². The minimum Gasteiger partial charge on any atom is -0.545 e. The second-order valence-electron chi connectivity index (χ2n) is 2.50. The third-order valence-electron chi connectivity index (χ3n) is 1.54. The molecule has 1 aromatic carbocycles. The van der Waals surface area contributed by atoms with E-state index in [1.807, 2.05) is 0 Å². The number of aliphatic carboxylic acids is 1. The second-order valence-corrected chi connectivity index (χ2v) is 3.41. The van der Waals surface area contributed by atoms with Gasteiger partial charge >= 0.3 is 51.4 Å². The van der Waals surface area contributed by atoms with Gasteiger partial charge in [0.2, 0.25) is 0 Å². The number of rotatable bonds is 2. The van der Waals surface area contributed by atoms with Gasteiger partial charge < -0.3 is 9.90 Å². The number of halogens is 1. The van der Waals surface area contributed by atoms with Crippen LogP contribution in [0.3, 0.4) is 0 Å². The van der Waals surface area contributed by atoms with Gasteiger partial charge in [-0.15, -0.1) is 0 Å². The molecule has 0 saturated heterocycles. The average Bonchev–Trinajstić information content (AvgIpc) is 2.15. The van der Waals surface area contributed by atoms with E-state index < -0.39 is 5.97 Å². The number of nitrogens with zero attached hydrogens (tertiary/aromatic N) is 1. The Morgan fingerprint density at radius 1 is 1.40 bits per heavy atom. The number of carboxylic acid groups (broad SMARTS) is 1. The van der Waals surface area contributed by atoms with Gasteiger partial charge in [0.15, 0.2) is 0 Å². The third-order valence-corrected chi connectivity index (χ3v) is 2.07. The van der Waals surface area contributed by atoms with Crippen molar-refractivity contribution in [1.82, 2.24) is 0 Å². The van der Waals surface area contributed by atoms with Crippen molar-refractivity contribution < 1.29 is 61.3 Å². The summed E-state index contributed by atoms with van der Waals surface area (Å²) in [7, 11) is 0. The molecule has 1 rings (SSSR count). The number of carbonyl (C=O) groups is 1. The first-order valence-corrected chi connectivity index (χ1v) is 4.51. The van der Waals surface area contributed by atoms with Crippen LogP contribution in [0, 0.1) is 11.3 Å². The molecule has 0 aliphatic rings. The fourth-order valence-electron chi connectivity index (χ4n) is 0.927. The summed E-state index contributed by atoms with van der Waals surface area (Å²) in [5.74, 6) is -1.37. The zero-order valence-corrected chi connectivity index (χ0v) is 12.7. The molecule has 3 nitrogen and oxygen atoms in total. The van der Waals surface area contributed by atoms with Crippen molar-refractivity contribution in [2.75, 3.05) is 0 Å². The van der Waals surface area contributed by atoms with Gasteiger partial charge in [-0.25, -0.2) is 0 Å². The molecular weight excluding hydrogens is 285 g/mol. The van der Waals surface area contributed by atoms with E-state index in [1.165, 1.54) is 0 Å². The Bertz CT molecular complexity index is 420. The van der Waals surface area contributed by atoms with Crippen molar-refractivity contribution >= 4 is 27.5 Å². The van der Waals surface area contributed by atoms with Crippen LogP contribution in [0.25, 0.3) is 5.57 Å². The molecular formula is C10H5BrKNO2. The first kappa shape index (κ1) is 15.0. The predicted octanol–water partition coefficient (Wildman–Crippen LogP) is -1.89. The first-order valence-electron chi connectivity index (χ1n) is 3.72. The van der Waals surface area contributed by atoms with E-state index in [9.17, 15) is 9.90 Å². The quantitative estimate of drug-likeness (QED) is 0.363. The van der Waals surface area contributed by atoms with E-state index in [0.717, 1.165) is 10.5 Å². The van der Waals surface area contributed by atoms with Crippen molar-refractivity contribution in [3.8, 4) is 6.07 Å². The Morgan fingerprint density at radius 2 is 1.93 bits per heavy atom. The smallest absolute Gasteiger partial charge is 0.545 e. The van der Waals surface area contributed by atoms with Gasteiger partial charge in [-0.3, -0.25) is 0 Å². The molecule has 0 aromatic heterocycles. The number of benzene rings is 1. The van der Waals surface area contributed by atoms with Gasteiger partial charge in [0.1, 0.15) is 0 Å². The van der Waals surface area contributed by atoms with Crippen molar-refractivity contribution in [1.29, 1.82) is 5.26 Å². The molecule has 0 bridgehead atoms. The molecule has 0 aliphatic carbocycles. The minimum atomic E-state index is -1.37. The van der Waals surface area contributed by atoms with E-state index in [1.54, 1.807) is 30.3 Å². The summed E-state index contributed by atoms with van der Waals surface area (Å²) < 4.78 is 0.868. The van der Waals surface area contributed by atoms with E-state index in [2.05, 4.69) is 15.9 Å². The molecule has 0 fully saturated rings. The van der Waals surface area contributed by atoms with Crippen LogP contribution in [0.1, 0.15) is 5.56 Å². The van der Waals surface area contributed by atoms with Gasteiger partial charge in [-0.1, -0.05) is 28.1 Å². The third kappa shape index (κ3) is 5.07. The first-order chi connectivity index (χ1) is 6.63. The maximum absolute atomic E-state index is 10.3. The molecule has 0 heterocycles. The van der Waals surface area contributed by atoms with Gasteiger partial charge in [0.05, 0.1) is 17.6 Å². The summed E-state index contributed by atoms with van der Waals surface area (Å²) >= 11 is 3.24. The van der Waals surface area contributed by atoms with E-state index in [0.29, 0.717) is 5.56 Å². The molecule has 1 aromatic rings. The topological polar surface area (TPSA) is 63.9 Å². The van der Waals surface area contributed by atoms with Crippen molar-refractivity contribution in [3.63, 3.8) is 0 Å². The molecule has 70 valence electrons. The molecule has 0 amide bonds. The second kappa shape index (κ2) is 7.33. The summed E-state index contributed by atoms with van der Waals surface area (Å²) in [5, 5.41) is 18.9. The maximum atomic E-state index is 10.3.